The van der Waals surface area contributed by atoms with Crippen LogP contribution in [0.4, 0.5) is 0 Å². The van der Waals surface area contributed by atoms with Crippen LogP contribution in [0.15, 0.2) is 42.5 Å². The van der Waals surface area contributed by atoms with Crippen molar-refractivity contribution in [3.63, 3.8) is 0 Å². The molecular weight excluding hydrogens is 374 g/mol. The fourth-order valence-corrected chi connectivity index (χ4v) is 3.94. The lowest BCUT2D eigenvalue weighted by Gasteiger charge is -2.25. The molecule has 0 saturated carbocycles. The molecule has 1 aliphatic heterocycles. The lowest BCUT2D eigenvalue weighted by molar-refractivity contribution is -0.169. The minimum Gasteiger partial charge on any atom is -0.465 e. The average Bonchev–Trinajstić information content (AvgIpc) is 2.98. The number of fused-ring (bicyclic) bond motifs is 2. The second kappa shape index (κ2) is 7.50. The molecule has 7 heteroatoms. The van der Waals surface area contributed by atoms with Crippen LogP contribution < -0.4 is 0 Å². The zero-order valence-electron chi connectivity index (χ0n) is 15.8. The summed E-state index contributed by atoms with van der Waals surface area (Å²) in [6, 6.07) is 11.7. The number of imide groups is 1. The Kier molecular flexibility index (Phi) is 4.88. The second-order valence-corrected chi connectivity index (χ2v) is 7.11. The van der Waals surface area contributed by atoms with Crippen LogP contribution in [0.3, 0.4) is 0 Å². The monoisotopic (exact) mass is 393 g/mol. The highest BCUT2D eigenvalue weighted by molar-refractivity contribution is 6.20. The summed E-state index contributed by atoms with van der Waals surface area (Å²) < 4.78 is 4.77. The van der Waals surface area contributed by atoms with E-state index < -0.39 is 23.8 Å². The van der Waals surface area contributed by atoms with Crippen molar-refractivity contribution in [1.82, 2.24) is 5.06 Å². The van der Waals surface area contributed by atoms with Crippen LogP contribution in [-0.4, -0.2) is 35.9 Å². The Morgan fingerprint density at radius 1 is 1.07 bits per heavy atom. The van der Waals surface area contributed by atoms with Gasteiger partial charge in [-0.3, -0.25) is 9.59 Å². The predicted molar refractivity (Wildman–Crippen MR) is 101 cm³/mol. The fraction of sp³-hybridized carbons (Fsp3) is 0.273. The quantitative estimate of drug-likeness (QED) is 0.586. The maximum Gasteiger partial charge on any atom is 0.337 e. The largest absolute Gasteiger partial charge is 0.465 e. The number of benzene rings is 2. The molecule has 1 aliphatic carbocycles. The fourth-order valence-electron chi connectivity index (χ4n) is 3.94. The van der Waals surface area contributed by atoms with E-state index in [1.165, 1.54) is 19.2 Å². The van der Waals surface area contributed by atoms with Crippen LogP contribution in [0.25, 0.3) is 0 Å². The smallest absolute Gasteiger partial charge is 0.337 e. The van der Waals surface area contributed by atoms with Gasteiger partial charge in [-0.1, -0.05) is 23.3 Å². The van der Waals surface area contributed by atoms with E-state index in [0.29, 0.717) is 10.6 Å². The molecule has 2 aromatic carbocycles. The van der Waals surface area contributed by atoms with Gasteiger partial charge in [0.2, 0.25) is 0 Å². The first kappa shape index (κ1) is 18.9. The SMILES string of the molecule is COC(=O)c1ccc2c(c1)C(CC(=O)ON1C(=O)c3ccccc3C1=O)CCC2. The molecular formula is C22H19NO6. The highest BCUT2D eigenvalue weighted by Crippen LogP contribution is 2.35. The molecule has 0 aromatic heterocycles. The van der Waals surface area contributed by atoms with E-state index in [1.54, 1.807) is 24.3 Å². The number of hydrogen-bond acceptors (Lipinski definition) is 6. The molecule has 0 saturated heterocycles. The summed E-state index contributed by atoms with van der Waals surface area (Å²) in [7, 11) is 1.32. The first-order valence-corrected chi connectivity index (χ1v) is 9.39. The maximum atomic E-state index is 12.5. The van der Waals surface area contributed by atoms with Crippen LogP contribution in [-0.2, 0) is 20.8 Å². The Hall–Kier alpha value is -3.48. The molecule has 0 radical (unpaired) electrons. The minimum absolute atomic E-state index is 0.00499. The number of carbonyl (C=O) groups is 4. The summed E-state index contributed by atoms with van der Waals surface area (Å²) in [5.41, 5.74) is 2.83. The van der Waals surface area contributed by atoms with Crippen molar-refractivity contribution in [3.05, 3.63) is 70.3 Å². The van der Waals surface area contributed by atoms with Gasteiger partial charge in [0.15, 0.2) is 0 Å². The molecule has 2 aromatic rings. The van der Waals surface area contributed by atoms with E-state index in [9.17, 15) is 19.2 Å². The lowest BCUT2D eigenvalue weighted by Crippen LogP contribution is -2.33. The number of methoxy groups -OCH3 is 1. The number of esters is 1. The van der Waals surface area contributed by atoms with Crippen LogP contribution >= 0.6 is 0 Å². The number of rotatable bonds is 4. The first-order valence-electron chi connectivity index (χ1n) is 9.39. The normalized spacial score (nSPS) is 17.6. The average molecular weight is 393 g/mol. The highest BCUT2D eigenvalue weighted by Gasteiger charge is 2.39. The first-order chi connectivity index (χ1) is 14.0. The summed E-state index contributed by atoms with van der Waals surface area (Å²) in [5.74, 6) is -2.55. The highest BCUT2D eigenvalue weighted by atomic mass is 16.7. The van der Waals surface area contributed by atoms with Crippen molar-refractivity contribution in [1.29, 1.82) is 0 Å². The summed E-state index contributed by atoms with van der Waals surface area (Å²) >= 11 is 0. The van der Waals surface area contributed by atoms with E-state index in [4.69, 9.17) is 9.57 Å². The Bertz CT molecular complexity index is 993. The van der Waals surface area contributed by atoms with Crippen molar-refractivity contribution in [2.45, 2.75) is 31.6 Å². The van der Waals surface area contributed by atoms with Crippen molar-refractivity contribution in [2.24, 2.45) is 0 Å². The van der Waals surface area contributed by atoms with Crippen molar-refractivity contribution in [3.8, 4) is 0 Å². The third-order valence-corrected chi connectivity index (χ3v) is 5.37. The number of nitrogens with zero attached hydrogens (tertiary/aromatic N) is 1. The molecule has 1 atom stereocenters. The molecule has 0 bridgehead atoms. The molecule has 1 unspecified atom stereocenters. The van der Waals surface area contributed by atoms with Gasteiger partial charge in [-0.2, -0.15) is 0 Å². The van der Waals surface area contributed by atoms with Crippen molar-refractivity contribution < 1.29 is 28.8 Å². The number of ether oxygens (including phenoxy) is 1. The molecule has 148 valence electrons. The zero-order valence-corrected chi connectivity index (χ0v) is 15.8. The Labute approximate surface area is 167 Å². The van der Waals surface area contributed by atoms with Gasteiger partial charge < -0.3 is 9.57 Å². The lowest BCUT2D eigenvalue weighted by atomic mass is 9.80. The van der Waals surface area contributed by atoms with Gasteiger partial charge in [-0.15, -0.1) is 0 Å². The Morgan fingerprint density at radius 2 is 1.76 bits per heavy atom. The molecule has 4 rings (SSSR count). The minimum atomic E-state index is -0.666. The van der Waals surface area contributed by atoms with Gasteiger partial charge in [0.05, 0.1) is 30.2 Å². The second-order valence-electron chi connectivity index (χ2n) is 7.11. The van der Waals surface area contributed by atoms with Crippen LogP contribution in [0.2, 0.25) is 0 Å². The molecule has 2 aliphatic rings. The van der Waals surface area contributed by atoms with Gasteiger partial charge in [-0.25, -0.2) is 9.59 Å². The van der Waals surface area contributed by atoms with Gasteiger partial charge >= 0.3 is 11.9 Å². The number of hydroxylamine groups is 2. The third-order valence-electron chi connectivity index (χ3n) is 5.37. The zero-order chi connectivity index (χ0) is 20.5. The number of hydrogen-bond donors (Lipinski definition) is 0. The maximum absolute atomic E-state index is 12.5. The van der Waals surface area contributed by atoms with E-state index >= 15 is 0 Å². The van der Waals surface area contributed by atoms with Crippen LogP contribution in [0.5, 0.6) is 0 Å². The molecule has 0 N–H and O–H groups in total. The third kappa shape index (κ3) is 3.40. The summed E-state index contributed by atoms with van der Waals surface area (Å²) in [6.07, 6.45) is 2.51. The van der Waals surface area contributed by atoms with Crippen molar-refractivity contribution in [2.75, 3.05) is 7.11 Å². The topological polar surface area (TPSA) is 90.0 Å². The Balaban J connectivity index is 1.50. The molecule has 1 heterocycles. The van der Waals surface area contributed by atoms with Gasteiger partial charge in [0, 0.05) is 0 Å². The molecule has 0 fully saturated rings. The Morgan fingerprint density at radius 3 is 2.41 bits per heavy atom. The number of carbonyl (C=O) groups excluding carboxylic acids is 4. The van der Waals surface area contributed by atoms with Gasteiger partial charge in [-0.05, 0) is 60.6 Å². The summed E-state index contributed by atoms with van der Waals surface area (Å²) in [4.78, 5) is 54.2. The van der Waals surface area contributed by atoms with E-state index in [0.717, 1.165) is 30.4 Å². The number of amides is 2. The predicted octanol–water partition coefficient (Wildman–Crippen LogP) is 3.04. The number of aryl methyl sites for hydroxylation is 1. The molecule has 29 heavy (non-hydrogen) atoms. The van der Waals surface area contributed by atoms with E-state index in [1.807, 2.05) is 6.07 Å². The molecule has 0 spiro atoms. The molecule has 7 nitrogen and oxygen atoms in total. The summed E-state index contributed by atoms with van der Waals surface area (Å²) in [5, 5.41) is 0.529. The molecule has 2 amide bonds. The van der Waals surface area contributed by atoms with Gasteiger partial charge in [0.25, 0.3) is 11.8 Å². The van der Waals surface area contributed by atoms with Crippen LogP contribution in [0.1, 0.15) is 67.4 Å². The van der Waals surface area contributed by atoms with E-state index in [2.05, 4.69) is 0 Å². The summed E-state index contributed by atoms with van der Waals surface area (Å²) in [6.45, 7) is 0. The van der Waals surface area contributed by atoms with Crippen molar-refractivity contribution >= 4 is 23.8 Å². The van der Waals surface area contributed by atoms with Crippen LogP contribution in [0, 0.1) is 0 Å². The van der Waals surface area contributed by atoms with E-state index in [-0.39, 0.29) is 23.5 Å². The standard InChI is InChI=1S/C22H19NO6/c1-28-22(27)15-10-9-13-5-4-6-14(18(13)11-15)12-19(24)29-23-20(25)16-7-2-3-8-17(16)21(23)26/h2-3,7-11,14H,4-6,12H2,1H3. The van der Waals surface area contributed by atoms with Gasteiger partial charge in [0.1, 0.15) is 0 Å².